The van der Waals surface area contributed by atoms with Crippen LogP contribution in [0.5, 0.6) is 0 Å². The van der Waals surface area contributed by atoms with Crippen LogP contribution >= 0.6 is 12.2 Å². The number of nitrogens with one attached hydrogen (secondary N) is 2. The first kappa shape index (κ1) is 13.3. The smallest absolute Gasteiger partial charge is 0.275 e. The first-order valence-electron chi connectivity index (χ1n) is 6.30. The summed E-state index contributed by atoms with van der Waals surface area (Å²) >= 11 is 4.86. The van der Waals surface area contributed by atoms with E-state index in [0.717, 1.165) is 5.52 Å². The van der Waals surface area contributed by atoms with Gasteiger partial charge in [-0.3, -0.25) is 4.79 Å². The van der Waals surface area contributed by atoms with Crippen LogP contribution in [-0.4, -0.2) is 15.1 Å². The molecule has 0 fully saturated rings. The SMILES string of the molecule is NC(=S)Nc1ccccc1-c1nc2ccccc2[nH]c1=O. The molecule has 0 unspecified atom stereocenters. The molecule has 0 bridgehead atoms. The summed E-state index contributed by atoms with van der Waals surface area (Å²) in [7, 11) is 0. The van der Waals surface area contributed by atoms with Crippen molar-refractivity contribution in [1.82, 2.24) is 9.97 Å². The number of thiocarbonyl (C=S) groups is 1. The summed E-state index contributed by atoms with van der Waals surface area (Å²) in [6.45, 7) is 0. The lowest BCUT2D eigenvalue weighted by Crippen LogP contribution is -2.20. The number of aromatic nitrogens is 2. The molecule has 0 amide bonds. The molecule has 3 aromatic rings. The van der Waals surface area contributed by atoms with Gasteiger partial charge in [0.15, 0.2) is 5.11 Å². The molecule has 0 saturated carbocycles. The van der Waals surface area contributed by atoms with Crippen LogP contribution in [0.2, 0.25) is 0 Å². The van der Waals surface area contributed by atoms with Gasteiger partial charge in [-0.05, 0) is 30.4 Å². The van der Waals surface area contributed by atoms with Crippen LogP contribution < -0.4 is 16.6 Å². The maximum absolute atomic E-state index is 12.3. The molecule has 0 saturated heterocycles. The molecule has 0 radical (unpaired) electrons. The van der Waals surface area contributed by atoms with Crippen molar-refractivity contribution in [3.05, 3.63) is 58.9 Å². The van der Waals surface area contributed by atoms with Gasteiger partial charge in [-0.1, -0.05) is 30.3 Å². The Morgan fingerprint density at radius 2 is 1.86 bits per heavy atom. The Morgan fingerprint density at radius 3 is 2.67 bits per heavy atom. The standard InChI is InChI=1S/C15H12N4OS/c16-15(21)19-10-6-2-1-5-9(10)13-14(20)18-12-8-4-3-7-11(12)17-13/h1-8H,(H,18,20)(H3,16,19,21). The van der Waals surface area contributed by atoms with Gasteiger partial charge in [0.25, 0.3) is 5.56 Å². The van der Waals surface area contributed by atoms with E-state index < -0.39 is 0 Å². The van der Waals surface area contributed by atoms with Gasteiger partial charge in [-0.15, -0.1) is 0 Å². The lowest BCUT2D eigenvalue weighted by atomic mass is 10.1. The normalized spacial score (nSPS) is 10.5. The molecule has 2 aromatic carbocycles. The minimum Gasteiger partial charge on any atom is -0.376 e. The topological polar surface area (TPSA) is 83.8 Å². The largest absolute Gasteiger partial charge is 0.376 e. The van der Waals surface area contributed by atoms with E-state index in [0.29, 0.717) is 22.5 Å². The molecule has 5 nitrogen and oxygen atoms in total. The maximum atomic E-state index is 12.3. The summed E-state index contributed by atoms with van der Waals surface area (Å²) in [5, 5.41) is 3.00. The van der Waals surface area contributed by atoms with Crippen molar-refractivity contribution in [3.8, 4) is 11.3 Å². The quantitative estimate of drug-likeness (QED) is 0.632. The van der Waals surface area contributed by atoms with Crippen LogP contribution in [0.25, 0.3) is 22.3 Å². The van der Waals surface area contributed by atoms with Crippen LogP contribution in [0, 0.1) is 0 Å². The number of nitrogens with two attached hydrogens (primary N) is 1. The molecule has 0 atom stereocenters. The third-order valence-electron chi connectivity index (χ3n) is 3.04. The van der Waals surface area contributed by atoms with Gasteiger partial charge >= 0.3 is 0 Å². The highest BCUT2D eigenvalue weighted by Gasteiger charge is 2.11. The Labute approximate surface area is 125 Å². The lowest BCUT2D eigenvalue weighted by molar-refractivity contribution is 1.22. The molecule has 4 N–H and O–H groups in total. The molecular weight excluding hydrogens is 284 g/mol. The van der Waals surface area contributed by atoms with E-state index in [1.165, 1.54) is 0 Å². The summed E-state index contributed by atoms with van der Waals surface area (Å²) < 4.78 is 0. The highest BCUT2D eigenvalue weighted by molar-refractivity contribution is 7.80. The first-order chi connectivity index (χ1) is 10.1. The number of fused-ring (bicyclic) bond motifs is 1. The van der Waals surface area contributed by atoms with Crippen molar-refractivity contribution < 1.29 is 0 Å². The predicted molar refractivity (Wildman–Crippen MR) is 88.2 cm³/mol. The van der Waals surface area contributed by atoms with Crippen LogP contribution in [-0.2, 0) is 0 Å². The van der Waals surface area contributed by atoms with Gasteiger partial charge in [-0.2, -0.15) is 0 Å². The number of anilines is 1. The molecule has 3 rings (SSSR count). The Balaban J connectivity index is 2.23. The highest BCUT2D eigenvalue weighted by atomic mass is 32.1. The molecule has 0 aliphatic rings. The van der Waals surface area contributed by atoms with E-state index in [4.69, 9.17) is 18.0 Å². The number of hydrogen-bond donors (Lipinski definition) is 3. The third-order valence-corrected chi connectivity index (χ3v) is 3.14. The molecule has 1 aromatic heterocycles. The Bertz CT molecular complexity index is 888. The van der Waals surface area contributed by atoms with Gasteiger partial charge in [0.1, 0.15) is 5.69 Å². The van der Waals surface area contributed by atoms with Crippen molar-refractivity contribution in [2.45, 2.75) is 0 Å². The maximum Gasteiger partial charge on any atom is 0.275 e. The number of aromatic amines is 1. The number of hydrogen-bond acceptors (Lipinski definition) is 3. The van der Waals surface area contributed by atoms with Crippen molar-refractivity contribution in [3.63, 3.8) is 0 Å². The molecule has 0 aliphatic carbocycles. The van der Waals surface area contributed by atoms with E-state index in [9.17, 15) is 4.79 Å². The zero-order valence-electron chi connectivity index (χ0n) is 11.0. The van der Waals surface area contributed by atoms with Crippen LogP contribution in [0.4, 0.5) is 5.69 Å². The monoisotopic (exact) mass is 296 g/mol. The zero-order valence-corrected chi connectivity index (χ0v) is 11.8. The number of nitrogens with zero attached hydrogens (tertiary/aromatic N) is 1. The lowest BCUT2D eigenvalue weighted by Gasteiger charge is -2.10. The Morgan fingerprint density at radius 1 is 1.14 bits per heavy atom. The van der Waals surface area contributed by atoms with E-state index in [1.807, 2.05) is 36.4 Å². The number of para-hydroxylation sites is 3. The summed E-state index contributed by atoms with van der Waals surface area (Å²) in [6, 6.07) is 14.6. The Kier molecular flexibility index (Phi) is 3.37. The van der Waals surface area contributed by atoms with Gasteiger partial charge in [0, 0.05) is 11.3 Å². The Hall–Kier alpha value is -2.73. The minimum absolute atomic E-state index is 0.139. The minimum atomic E-state index is -0.258. The van der Waals surface area contributed by atoms with Crippen molar-refractivity contribution >= 4 is 34.1 Å². The fraction of sp³-hybridized carbons (Fsp3) is 0. The molecule has 0 aliphatic heterocycles. The molecule has 6 heteroatoms. The van der Waals surface area contributed by atoms with E-state index in [1.54, 1.807) is 12.1 Å². The second-order valence-electron chi connectivity index (χ2n) is 4.47. The van der Waals surface area contributed by atoms with E-state index >= 15 is 0 Å². The molecule has 104 valence electrons. The van der Waals surface area contributed by atoms with Crippen molar-refractivity contribution in [1.29, 1.82) is 0 Å². The average Bonchev–Trinajstić information content (AvgIpc) is 2.47. The first-order valence-corrected chi connectivity index (χ1v) is 6.71. The highest BCUT2D eigenvalue weighted by Crippen LogP contribution is 2.24. The van der Waals surface area contributed by atoms with Crippen molar-refractivity contribution in [2.75, 3.05) is 5.32 Å². The van der Waals surface area contributed by atoms with E-state index in [2.05, 4.69) is 15.3 Å². The van der Waals surface area contributed by atoms with Crippen LogP contribution in [0.3, 0.4) is 0 Å². The zero-order chi connectivity index (χ0) is 14.8. The molecular formula is C15H12N4OS. The summed E-state index contributed by atoms with van der Waals surface area (Å²) in [4.78, 5) is 19.5. The fourth-order valence-electron chi connectivity index (χ4n) is 2.14. The van der Waals surface area contributed by atoms with Crippen LogP contribution in [0.15, 0.2) is 53.3 Å². The molecule has 0 spiro atoms. The second-order valence-corrected chi connectivity index (χ2v) is 4.91. The van der Waals surface area contributed by atoms with Crippen LogP contribution in [0.1, 0.15) is 0 Å². The van der Waals surface area contributed by atoms with Gasteiger partial charge in [-0.25, -0.2) is 4.98 Å². The molecule has 21 heavy (non-hydrogen) atoms. The van der Waals surface area contributed by atoms with Gasteiger partial charge in [0.2, 0.25) is 0 Å². The number of benzene rings is 2. The summed E-state index contributed by atoms with van der Waals surface area (Å²) in [6.07, 6.45) is 0. The average molecular weight is 296 g/mol. The third kappa shape index (κ3) is 2.61. The molecule has 1 heterocycles. The van der Waals surface area contributed by atoms with Gasteiger partial charge < -0.3 is 16.0 Å². The van der Waals surface area contributed by atoms with E-state index in [-0.39, 0.29) is 10.7 Å². The second kappa shape index (κ2) is 5.34. The summed E-state index contributed by atoms with van der Waals surface area (Å²) in [5.74, 6) is 0. The van der Waals surface area contributed by atoms with Crippen molar-refractivity contribution in [2.24, 2.45) is 5.73 Å². The number of H-pyrrole nitrogens is 1. The summed E-state index contributed by atoms with van der Waals surface area (Å²) in [5.41, 5.74) is 8.30. The fourth-order valence-corrected chi connectivity index (χ4v) is 2.25. The predicted octanol–water partition coefficient (Wildman–Crippen LogP) is 2.25. The van der Waals surface area contributed by atoms with Gasteiger partial charge in [0.05, 0.1) is 11.0 Å². The number of rotatable bonds is 2.